The first-order valence-electron chi connectivity index (χ1n) is 10.7. The van der Waals surface area contributed by atoms with Crippen molar-refractivity contribution in [2.75, 3.05) is 26.2 Å². The first-order chi connectivity index (χ1) is 13.6. The van der Waals surface area contributed by atoms with Crippen LogP contribution in [0.5, 0.6) is 0 Å². The molecule has 5 heteroatoms. The van der Waals surface area contributed by atoms with Crippen LogP contribution in [0, 0.1) is 11.8 Å². The molecule has 0 bridgehead atoms. The SMILES string of the molecule is CC(C)C1CN(C(=O)c2cccc(Cn3cccn3)c2)CCCN1CC1CC1. The van der Waals surface area contributed by atoms with Crippen LogP contribution >= 0.6 is 0 Å². The Morgan fingerprint density at radius 2 is 2.07 bits per heavy atom. The quantitative estimate of drug-likeness (QED) is 0.770. The highest BCUT2D eigenvalue weighted by molar-refractivity contribution is 5.94. The Labute approximate surface area is 168 Å². The minimum absolute atomic E-state index is 0.168. The summed E-state index contributed by atoms with van der Waals surface area (Å²) in [5, 5.41) is 4.27. The van der Waals surface area contributed by atoms with Gasteiger partial charge in [-0.15, -0.1) is 0 Å². The van der Waals surface area contributed by atoms with Crippen molar-refractivity contribution in [1.29, 1.82) is 0 Å². The van der Waals surface area contributed by atoms with Crippen molar-refractivity contribution < 1.29 is 4.79 Å². The number of carbonyl (C=O) groups excluding carboxylic acids is 1. The molecule has 0 spiro atoms. The zero-order valence-corrected chi connectivity index (χ0v) is 17.1. The lowest BCUT2D eigenvalue weighted by molar-refractivity contribution is 0.0704. The molecule has 1 saturated carbocycles. The molecule has 1 unspecified atom stereocenters. The normalized spacial score (nSPS) is 21.1. The van der Waals surface area contributed by atoms with E-state index in [0.717, 1.165) is 43.1 Å². The Bertz CT molecular complexity index is 782. The lowest BCUT2D eigenvalue weighted by atomic mass is 10.0. The van der Waals surface area contributed by atoms with E-state index in [0.29, 0.717) is 18.5 Å². The average molecular weight is 381 g/mol. The molecule has 5 nitrogen and oxygen atoms in total. The van der Waals surface area contributed by atoms with Gasteiger partial charge in [-0.3, -0.25) is 14.4 Å². The van der Waals surface area contributed by atoms with Crippen LogP contribution in [-0.2, 0) is 6.54 Å². The second kappa shape index (κ2) is 8.48. The van der Waals surface area contributed by atoms with Gasteiger partial charge in [0, 0.05) is 50.2 Å². The van der Waals surface area contributed by atoms with Gasteiger partial charge in [0.15, 0.2) is 0 Å². The van der Waals surface area contributed by atoms with Gasteiger partial charge in [0.05, 0.1) is 6.54 Å². The van der Waals surface area contributed by atoms with E-state index in [-0.39, 0.29) is 5.91 Å². The number of amides is 1. The summed E-state index contributed by atoms with van der Waals surface area (Å²) in [7, 11) is 0. The van der Waals surface area contributed by atoms with Crippen molar-refractivity contribution in [1.82, 2.24) is 19.6 Å². The van der Waals surface area contributed by atoms with Gasteiger partial charge in [-0.05, 0) is 54.9 Å². The van der Waals surface area contributed by atoms with Crippen LogP contribution < -0.4 is 0 Å². The third-order valence-corrected chi connectivity index (χ3v) is 6.07. The monoisotopic (exact) mass is 380 g/mol. The highest BCUT2D eigenvalue weighted by Gasteiger charge is 2.33. The molecule has 1 atom stereocenters. The van der Waals surface area contributed by atoms with E-state index >= 15 is 0 Å². The molecule has 1 aliphatic heterocycles. The van der Waals surface area contributed by atoms with Crippen LogP contribution in [-0.4, -0.2) is 57.7 Å². The number of nitrogens with zero attached hydrogens (tertiary/aromatic N) is 4. The minimum Gasteiger partial charge on any atom is -0.337 e. The highest BCUT2D eigenvalue weighted by atomic mass is 16.2. The van der Waals surface area contributed by atoms with E-state index in [4.69, 9.17) is 0 Å². The fourth-order valence-corrected chi connectivity index (χ4v) is 4.31. The summed E-state index contributed by atoms with van der Waals surface area (Å²) in [5.74, 6) is 1.61. The van der Waals surface area contributed by atoms with Gasteiger partial charge in [0.25, 0.3) is 5.91 Å². The van der Waals surface area contributed by atoms with E-state index < -0.39 is 0 Å². The Kier molecular flexibility index (Phi) is 5.81. The van der Waals surface area contributed by atoms with Gasteiger partial charge in [-0.1, -0.05) is 26.0 Å². The van der Waals surface area contributed by atoms with Crippen molar-refractivity contribution in [2.45, 2.75) is 45.7 Å². The van der Waals surface area contributed by atoms with E-state index in [2.05, 4.69) is 34.8 Å². The maximum absolute atomic E-state index is 13.3. The molecule has 1 aromatic heterocycles. The largest absolute Gasteiger partial charge is 0.337 e. The molecule has 1 aromatic carbocycles. The van der Waals surface area contributed by atoms with E-state index in [1.807, 2.05) is 35.1 Å². The van der Waals surface area contributed by atoms with Crippen molar-refractivity contribution in [3.63, 3.8) is 0 Å². The number of rotatable bonds is 6. The summed E-state index contributed by atoms with van der Waals surface area (Å²) in [4.78, 5) is 18.0. The summed E-state index contributed by atoms with van der Waals surface area (Å²) < 4.78 is 1.89. The number of aromatic nitrogens is 2. The third-order valence-electron chi connectivity index (χ3n) is 6.07. The lowest BCUT2D eigenvalue weighted by Crippen LogP contribution is -2.46. The van der Waals surface area contributed by atoms with Crippen LogP contribution in [0.2, 0.25) is 0 Å². The Morgan fingerprint density at radius 3 is 2.79 bits per heavy atom. The zero-order chi connectivity index (χ0) is 19.5. The van der Waals surface area contributed by atoms with Gasteiger partial charge in [0.2, 0.25) is 0 Å². The van der Waals surface area contributed by atoms with E-state index in [9.17, 15) is 4.79 Å². The molecule has 2 aliphatic rings. The van der Waals surface area contributed by atoms with Gasteiger partial charge in [-0.25, -0.2) is 0 Å². The van der Waals surface area contributed by atoms with Crippen LogP contribution in [0.3, 0.4) is 0 Å². The van der Waals surface area contributed by atoms with Crippen molar-refractivity contribution in [2.24, 2.45) is 11.8 Å². The van der Waals surface area contributed by atoms with Gasteiger partial charge >= 0.3 is 0 Å². The summed E-state index contributed by atoms with van der Waals surface area (Å²) in [5.41, 5.74) is 1.91. The van der Waals surface area contributed by atoms with Crippen LogP contribution in [0.15, 0.2) is 42.7 Å². The Morgan fingerprint density at radius 1 is 1.21 bits per heavy atom. The number of hydrogen-bond acceptors (Lipinski definition) is 3. The molecule has 28 heavy (non-hydrogen) atoms. The van der Waals surface area contributed by atoms with Gasteiger partial charge in [0.1, 0.15) is 0 Å². The molecule has 1 amide bonds. The lowest BCUT2D eigenvalue weighted by Gasteiger charge is -2.34. The molecule has 0 N–H and O–H groups in total. The fraction of sp³-hybridized carbons (Fsp3) is 0.565. The number of carbonyl (C=O) groups is 1. The molecule has 4 rings (SSSR count). The maximum Gasteiger partial charge on any atom is 0.253 e. The van der Waals surface area contributed by atoms with Crippen molar-refractivity contribution in [3.8, 4) is 0 Å². The molecule has 2 aromatic rings. The first kappa shape index (κ1) is 19.2. The summed E-state index contributed by atoms with van der Waals surface area (Å²) in [6, 6.07) is 10.4. The smallest absolute Gasteiger partial charge is 0.253 e. The predicted octanol–water partition coefficient (Wildman–Crippen LogP) is 3.51. The van der Waals surface area contributed by atoms with Crippen LogP contribution in [0.25, 0.3) is 0 Å². The van der Waals surface area contributed by atoms with Crippen LogP contribution in [0.1, 0.15) is 49.0 Å². The molecular weight excluding hydrogens is 348 g/mol. The summed E-state index contributed by atoms with van der Waals surface area (Å²) >= 11 is 0. The Balaban J connectivity index is 1.47. The predicted molar refractivity (Wildman–Crippen MR) is 111 cm³/mol. The second-order valence-electron chi connectivity index (χ2n) is 8.76. The number of hydrogen-bond donors (Lipinski definition) is 0. The topological polar surface area (TPSA) is 41.4 Å². The van der Waals surface area contributed by atoms with Crippen LogP contribution in [0.4, 0.5) is 0 Å². The van der Waals surface area contributed by atoms with Gasteiger partial charge in [-0.2, -0.15) is 5.10 Å². The molecule has 0 radical (unpaired) electrons. The third kappa shape index (κ3) is 4.64. The second-order valence-corrected chi connectivity index (χ2v) is 8.76. The van der Waals surface area contributed by atoms with Crippen molar-refractivity contribution >= 4 is 5.91 Å². The summed E-state index contributed by atoms with van der Waals surface area (Å²) in [6.07, 6.45) is 7.56. The molecule has 1 aliphatic carbocycles. The number of benzene rings is 1. The fourth-order valence-electron chi connectivity index (χ4n) is 4.31. The average Bonchev–Trinajstić information content (AvgIpc) is 3.41. The molecule has 2 fully saturated rings. The first-order valence-corrected chi connectivity index (χ1v) is 10.7. The molecule has 2 heterocycles. The molecule has 150 valence electrons. The zero-order valence-electron chi connectivity index (χ0n) is 17.1. The van der Waals surface area contributed by atoms with Crippen molar-refractivity contribution in [3.05, 3.63) is 53.9 Å². The van der Waals surface area contributed by atoms with E-state index in [1.165, 1.54) is 19.4 Å². The van der Waals surface area contributed by atoms with Gasteiger partial charge < -0.3 is 4.90 Å². The van der Waals surface area contributed by atoms with E-state index in [1.54, 1.807) is 6.20 Å². The standard InChI is InChI=1S/C23H32N4O/c1-18(2)22-17-26(12-5-11-25(22)15-19-8-9-19)23(28)21-7-3-6-20(14-21)16-27-13-4-10-24-27/h3-4,6-7,10,13-14,18-19,22H,5,8-9,11-12,15-17H2,1-2H3. The molecule has 1 saturated heterocycles. The maximum atomic E-state index is 13.3. The Hall–Kier alpha value is -2.14. The molecular formula is C23H32N4O. The minimum atomic E-state index is 0.168. The highest BCUT2D eigenvalue weighted by Crippen LogP contribution is 2.32. The summed E-state index contributed by atoms with van der Waals surface area (Å²) in [6.45, 7) is 9.30.